The first-order valence-electron chi connectivity index (χ1n) is 9.60. The third-order valence-electron chi connectivity index (χ3n) is 5.25. The van der Waals surface area contributed by atoms with Crippen LogP contribution in [0, 0.1) is 11.8 Å². The second-order valence-corrected chi connectivity index (χ2v) is 7.45. The van der Waals surface area contributed by atoms with Crippen molar-refractivity contribution in [2.75, 3.05) is 6.61 Å². The summed E-state index contributed by atoms with van der Waals surface area (Å²) in [6, 6.07) is 14.9. The van der Waals surface area contributed by atoms with Gasteiger partial charge >= 0.3 is 0 Å². The zero-order valence-corrected chi connectivity index (χ0v) is 16.7. The molecule has 1 aliphatic carbocycles. The molecule has 5 nitrogen and oxygen atoms in total. The van der Waals surface area contributed by atoms with E-state index in [9.17, 15) is 9.59 Å². The van der Waals surface area contributed by atoms with Crippen LogP contribution in [0.3, 0.4) is 0 Å². The first-order chi connectivity index (χ1) is 13.6. The van der Waals surface area contributed by atoms with Gasteiger partial charge in [0.05, 0.1) is 6.61 Å². The Morgan fingerprint density at radius 1 is 1.11 bits per heavy atom. The largest absolute Gasteiger partial charge is 0.352 e. The molecule has 0 radical (unpaired) electrons. The van der Waals surface area contributed by atoms with Gasteiger partial charge in [0.25, 0.3) is 5.91 Å². The average molecular weight is 401 g/mol. The number of aryl methyl sites for hydroxylation is 1. The van der Waals surface area contributed by atoms with E-state index in [0.29, 0.717) is 23.7 Å². The van der Waals surface area contributed by atoms with Crippen molar-refractivity contribution in [1.29, 1.82) is 0 Å². The molecule has 2 aromatic rings. The van der Waals surface area contributed by atoms with Crippen LogP contribution in [0.2, 0.25) is 5.02 Å². The molecule has 1 aliphatic rings. The Morgan fingerprint density at radius 2 is 1.86 bits per heavy atom. The number of hydrogen-bond donors (Lipinski definition) is 2. The topological polar surface area (TPSA) is 67.4 Å². The third-order valence-corrected chi connectivity index (χ3v) is 5.62. The van der Waals surface area contributed by atoms with Crippen LogP contribution in [0.1, 0.15) is 41.3 Å². The van der Waals surface area contributed by atoms with Crippen LogP contribution in [-0.2, 0) is 22.6 Å². The van der Waals surface area contributed by atoms with Gasteiger partial charge in [-0.3, -0.25) is 14.4 Å². The molecular formula is C22H25ClN2O3. The van der Waals surface area contributed by atoms with Gasteiger partial charge < -0.3 is 5.32 Å². The highest BCUT2D eigenvalue weighted by Crippen LogP contribution is 2.34. The molecule has 0 aliphatic heterocycles. The van der Waals surface area contributed by atoms with Crippen molar-refractivity contribution in [3.63, 3.8) is 0 Å². The number of carbonyl (C=O) groups excluding carboxylic acids is 2. The number of carbonyl (C=O) groups is 2. The minimum absolute atomic E-state index is 0.00116. The Labute approximate surface area is 170 Å². The van der Waals surface area contributed by atoms with Crippen molar-refractivity contribution in [2.45, 2.75) is 32.7 Å². The minimum Gasteiger partial charge on any atom is -0.352 e. The molecule has 2 unspecified atom stereocenters. The first-order valence-corrected chi connectivity index (χ1v) is 9.98. The van der Waals surface area contributed by atoms with E-state index in [4.69, 9.17) is 16.4 Å². The van der Waals surface area contributed by atoms with E-state index < -0.39 is 0 Å². The van der Waals surface area contributed by atoms with Crippen LogP contribution >= 0.6 is 11.6 Å². The molecule has 2 N–H and O–H groups in total. The normalized spacial score (nSPS) is 18.2. The maximum absolute atomic E-state index is 12.4. The molecule has 1 saturated carbocycles. The molecule has 0 aromatic heterocycles. The predicted molar refractivity (Wildman–Crippen MR) is 109 cm³/mol. The molecular weight excluding hydrogens is 376 g/mol. The molecule has 3 rings (SSSR count). The van der Waals surface area contributed by atoms with Gasteiger partial charge in [-0.25, -0.2) is 5.48 Å². The van der Waals surface area contributed by atoms with E-state index in [-0.39, 0.29) is 23.7 Å². The van der Waals surface area contributed by atoms with E-state index in [1.165, 1.54) is 5.56 Å². The van der Waals surface area contributed by atoms with E-state index in [0.717, 1.165) is 24.8 Å². The summed E-state index contributed by atoms with van der Waals surface area (Å²) in [7, 11) is 0. The van der Waals surface area contributed by atoms with E-state index in [1.54, 1.807) is 12.1 Å². The van der Waals surface area contributed by atoms with Crippen molar-refractivity contribution in [2.24, 2.45) is 11.8 Å². The molecule has 2 amide bonds. The monoisotopic (exact) mass is 400 g/mol. The van der Waals surface area contributed by atoms with E-state index in [2.05, 4.69) is 17.7 Å². The SMILES string of the molecule is CCc1ccc(C(=O)NOCC2CCC2C(=O)NCc2ccccc2Cl)cc1. The number of nitrogens with one attached hydrogen (secondary N) is 2. The number of hydrogen-bond acceptors (Lipinski definition) is 3. The molecule has 0 heterocycles. The zero-order valence-electron chi connectivity index (χ0n) is 15.9. The van der Waals surface area contributed by atoms with Crippen LogP contribution in [0.25, 0.3) is 0 Å². The maximum atomic E-state index is 12.4. The van der Waals surface area contributed by atoms with Crippen molar-refractivity contribution in [3.8, 4) is 0 Å². The minimum atomic E-state index is -0.276. The van der Waals surface area contributed by atoms with Gasteiger partial charge in [0.15, 0.2) is 0 Å². The van der Waals surface area contributed by atoms with Crippen molar-refractivity contribution < 1.29 is 14.4 Å². The van der Waals surface area contributed by atoms with Crippen LogP contribution < -0.4 is 10.8 Å². The Hall–Kier alpha value is -2.37. The van der Waals surface area contributed by atoms with Crippen molar-refractivity contribution in [3.05, 3.63) is 70.2 Å². The number of halogens is 1. The van der Waals surface area contributed by atoms with Gasteiger partial charge in [-0.15, -0.1) is 0 Å². The molecule has 1 fully saturated rings. The van der Waals surface area contributed by atoms with Crippen LogP contribution in [0.15, 0.2) is 48.5 Å². The fourth-order valence-corrected chi connectivity index (χ4v) is 3.44. The highest BCUT2D eigenvalue weighted by atomic mass is 35.5. The summed E-state index contributed by atoms with van der Waals surface area (Å²) in [5.74, 6) is -0.264. The molecule has 28 heavy (non-hydrogen) atoms. The molecule has 148 valence electrons. The predicted octanol–water partition coefficient (Wildman–Crippen LogP) is 3.91. The van der Waals surface area contributed by atoms with Gasteiger partial charge in [0, 0.05) is 23.0 Å². The summed E-state index contributed by atoms with van der Waals surface area (Å²) in [6.07, 6.45) is 2.67. The molecule has 0 spiro atoms. The fourth-order valence-electron chi connectivity index (χ4n) is 3.23. The lowest BCUT2D eigenvalue weighted by Gasteiger charge is -2.34. The van der Waals surface area contributed by atoms with E-state index >= 15 is 0 Å². The van der Waals surface area contributed by atoms with Crippen molar-refractivity contribution in [1.82, 2.24) is 10.8 Å². The lowest BCUT2D eigenvalue weighted by atomic mass is 9.73. The second-order valence-electron chi connectivity index (χ2n) is 7.05. The summed E-state index contributed by atoms with van der Waals surface area (Å²) in [5, 5.41) is 3.59. The van der Waals surface area contributed by atoms with E-state index in [1.807, 2.05) is 36.4 Å². The molecule has 6 heteroatoms. The zero-order chi connectivity index (χ0) is 19.9. The van der Waals surface area contributed by atoms with Gasteiger partial charge in [-0.1, -0.05) is 48.9 Å². The van der Waals surface area contributed by atoms with Crippen molar-refractivity contribution >= 4 is 23.4 Å². The summed E-state index contributed by atoms with van der Waals surface area (Å²) in [6.45, 7) is 2.80. The number of rotatable bonds is 8. The van der Waals surface area contributed by atoms with Gasteiger partial charge in [0.2, 0.25) is 5.91 Å². The molecule has 0 saturated heterocycles. The number of benzene rings is 2. The van der Waals surface area contributed by atoms with Gasteiger partial charge in [-0.05, 0) is 54.5 Å². The third kappa shape index (κ3) is 5.12. The second kappa shape index (κ2) is 9.71. The Balaban J connectivity index is 1.40. The smallest absolute Gasteiger partial charge is 0.274 e. The highest BCUT2D eigenvalue weighted by Gasteiger charge is 2.36. The van der Waals surface area contributed by atoms with Crippen LogP contribution in [-0.4, -0.2) is 18.4 Å². The summed E-state index contributed by atoms with van der Waals surface area (Å²) in [5.41, 5.74) is 5.10. The van der Waals surface area contributed by atoms with Gasteiger partial charge in [0.1, 0.15) is 0 Å². The molecule has 2 aromatic carbocycles. The Bertz CT molecular complexity index is 823. The maximum Gasteiger partial charge on any atom is 0.274 e. The van der Waals surface area contributed by atoms with Gasteiger partial charge in [-0.2, -0.15) is 0 Å². The standard InChI is InChI=1S/C22H25ClN2O3/c1-2-15-7-9-16(10-8-15)21(26)25-28-14-18-11-12-19(18)22(27)24-13-17-5-3-4-6-20(17)23/h3-10,18-19H,2,11-14H2,1H3,(H,24,27)(H,25,26). The fraction of sp³-hybridized carbons (Fsp3) is 0.364. The van der Waals surface area contributed by atoms with Crippen LogP contribution in [0.5, 0.6) is 0 Å². The lowest BCUT2D eigenvalue weighted by Crippen LogP contribution is -2.43. The molecule has 2 atom stereocenters. The quantitative estimate of drug-likeness (QED) is 0.660. The number of amides is 2. The Morgan fingerprint density at radius 3 is 2.50 bits per heavy atom. The summed E-state index contributed by atoms with van der Waals surface area (Å²) in [4.78, 5) is 29.9. The average Bonchev–Trinajstić information content (AvgIpc) is 2.69. The summed E-state index contributed by atoms with van der Waals surface area (Å²) >= 11 is 6.12. The number of hydroxylamine groups is 1. The summed E-state index contributed by atoms with van der Waals surface area (Å²) < 4.78 is 0. The molecule has 0 bridgehead atoms. The first kappa shape index (κ1) is 20.4. The van der Waals surface area contributed by atoms with Crippen LogP contribution in [0.4, 0.5) is 0 Å². The Kier molecular flexibility index (Phi) is 7.06. The lowest BCUT2D eigenvalue weighted by molar-refractivity contribution is -0.133. The highest BCUT2D eigenvalue weighted by molar-refractivity contribution is 6.31.